The van der Waals surface area contributed by atoms with Gasteiger partial charge < -0.3 is 24.3 Å². The van der Waals surface area contributed by atoms with E-state index in [1.54, 1.807) is 6.20 Å². The van der Waals surface area contributed by atoms with Gasteiger partial charge in [0.05, 0.1) is 21.8 Å². The third-order valence-corrected chi connectivity index (χ3v) is 9.17. The molecule has 1 aromatic heterocycles. The first-order valence-corrected chi connectivity index (χ1v) is 16.0. The molecule has 2 aliphatic heterocycles. The molecule has 2 fully saturated rings. The third kappa shape index (κ3) is 7.02. The van der Waals surface area contributed by atoms with Crippen molar-refractivity contribution in [3.63, 3.8) is 0 Å². The van der Waals surface area contributed by atoms with Crippen LogP contribution in [0.5, 0.6) is 0 Å². The molecule has 6 nitrogen and oxygen atoms in total. The zero-order chi connectivity index (χ0) is 28.6. The molecule has 3 aromatic rings. The number of H-pyrrole nitrogens is 1. The molecular formula is C34H45ClN4O2. The quantitative estimate of drug-likeness (QED) is 0.174. The Morgan fingerprint density at radius 1 is 0.951 bits per heavy atom. The number of anilines is 2. The van der Waals surface area contributed by atoms with Gasteiger partial charge in [-0.05, 0) is 68.4 Å². The lowest BCUT2D eigenvalue weighted by atomic mass is 9.89. The van der Waals surface area contributed by atoms with Gasteiger partial charge in [0.25, 0.3) is 0 Å². The van der Waals surface area contributed by atoms with E-state index >= 15 is 0 Å². The minimum Gasteiger partial charge on any atom is -0.372 e. The number of fused-ring (bicyclic) bond motifs is 1. The second kappa shape index (κ2) is 14.4. The van der Waals surface area contributed by atoms with Gasteiger partial charge in [0.2, 0.25) is 0 Å². The number of nitrogens with one attached hydrogen (secondary N) is 1. The van der Waals surface area contributed by atoms with Crippen LogP contribution in [0.2, 0.25) is 5.02 Å². The summed E-state index contributed by atoms with van der Waals surface area (Å²) in [5.74, 6) is 0.941. The molecule has 0 saturated carbocycles. The molecule has 0 aliphatic carbocycles. The summed E-state index contributed by atoms with van der Waals surface area (Å²) in [6.45, 7) is 10.0. The summed E-state index contributed by atoms with van der Waals surface area (Å²) >= 11 is 6.47. The van der Waals surface area contributed by atoms with E-state index in [0.717, 1.165) is 101 Å². The van der Waals surface area contributed by atoms with Crippen LogP contribution in [0, 0.1) is 17.2 Å². The summed E-state index contributed by atoms with van der Waals surface area (Å²) in [4.78, 5) is 8.28. The monoisotopic (exact) mass is 576 g/mol. The van der Waals surface area contributed by atoms with Gasteiger partial charge in [-0.3, -0.25) is 0 Å². The van der Waals surface area contributed by atoms with Gasteiger partial charge in [-0.15, -0.1) is 0 Å². The maximum absolute atomic E-state index is 9.52. The number of halogens is 1. The van der Waals surface area contributed by atoms with Crippen LogP contribution < -0.4 is 9.80 Å². The molecule has 0 bridgehead atoms. The number of unbranched alkanes of at least 4 members (excludes halogenated alkanes) is 2. The zero-order valence-electron chi connectivity index (χ0n) is 24.7. The highest BCUT2D eigenvalue weighted by molar-refractivity contribution is 6.36. The van der Waals surface area contributed by atoms with Gasteiger partial charge in [-0.25, -0.2) is 0 Å². The Balaban J connectivity index is 1.20. The number of aromatic nitrogens is 1. The second-order valence-corrected chi connectivity index (χ2v) is 12.1. The molecular weight excluding hydrogens is 532 g/mol. The van der Waals surface area contributed by atoms with Crippen LogP contribution in [-0.2, 0) is 9.47 Å². The van der Waals surface area contributed by atoms with Crippen LogP contribution in [-0.4, -0.2) is 50.7 Å². The summed E-state index contributed by atoms with van der Waals surface area (Å²) in [7, 11) is 0. The van der Waals surface area contributed by atoms with E-state index in [1.807, 2.05) is 6.07 Å². The Morgan fingerprint density at radius 3 is 2.32 bits per heavy atom. The molecule has 1 atom stereocenters. The van der Waals surface area contributed by atoms with E-state index < -0.39 is 0 Å². The Bertz CT molecular complexity index is 1280. The van der Waals surface area contributed by atoms with Crippen LogP contribution >= 0.6 is 11.6 Å². The molecule has 2 saturated heterocycles. The standard InChI is InChI=1S/C34H45ClN4O2/c1-3-5-20-40-34(41-21-6-4-2)26-15-18-38(19-16-26)29-11-9-25(10-12-29)27-8-7-17-39(24-27)31-14-13-30(35)32-28(22-36)23-37-33(31)32/h9-14,23,26-27,34,37H,3-8,15-21,24H2,1-2H3/t27-/m1/s1. The number of benzene rings is 2. The number of hydrogen-bond acceptors (Lipinski definition) is 5. The smallest absolute Gasteiger partial charge is 0.160 e. The van der Waals surface area contributed by atoms with Gasteiger partial charge in [0.1, 0.15) is 6.07 Å². The van der Waals surface area contributed by atoms with Gasteiger partial charge in [-0.2, -0.15) is 5.26 Å². The van der Waals surface area contributed by atoms with Crippen molar-refractivity contribution in [2.45, 2.75) is 77.4 Å². The fourth-order valence-electron chi connectivity index (χ4n) is 6.41. The predicted molar refractivity (Wildman–Crippen MR) is 169 cm³/mol. The van der Waals surface area contributed by atoms with Crippen LogP contribution in [0.25, 0.3) is 10.9 Å². The topological polar surface area (TPSA) is 64.5 Å². The summed E-state index contributed by atoms with van der Waals surface area (Å²) in [6, 6.07) is 15.6. The van der Waals surface area contributed by atoms with Crippen molar-refractivity contribution in [3.05, 3.63) is 58.7 Å². The van der Waals surface area contributed by atoms with Crippen LogP contribution in [0.1, 0.15) is 82.3 Å². The van der Waals surface area contributed by atoms with Gasteiger partial charge >= 0.3 is 0 Å². The molecule has 2 aliphatic rings. The molecule has 2 aromatic carbocycles. The summed E-state index contributed by atoms with van der Waals surface area (Å²) in [6.07, 6.45) is 10.7. The maximum atomic E-state index is 9.52. The van der Waals surface area contributed by atoms with E-state index in [9.17, 15) is 5.26 Å². The molecule has 0 amide bonds. The number of ether oxygens (including phenoxy) is 2. The van der Waals surface area contributed by atoms with Crippen LogP contribution in [0.3, 0.4) is 0 Å². The van der Waals surface area contributed by atoms with Crippen LogP contribution in [0.4, 0.5) is 11.4 Å². The highest BCUT2D eigenvalue weighted by Crippen LogP contribution is 2.38. The normalized spacial score (nSPS) is 18.4. The fraction of sp³-hybridized carbons (Fsp3) is 0.559. The Labute approximate surface area is 250 Å². The van der Waals surface area contributed by atoms with Crippen molar-refractivity contribution < 1.29 is 9.47 Å². The Morgan fingerprint density at radius 2 is 1.66 bits per heavy atom. The number of aromatic amines is 1. The zero-order valence-corrected chi connectivity index (χ0v) is 25.5. The van der Waals surface area contributed by atoms with Crippen molar-refractivity contribution in [2.24, 2.45) is 5.92 Å². The predicted octanol–water partition coefficient (Wildman–Crippen LogP) is 8.25. The van der Waals surface area contributed by atoms with Crippen molar-refractivity contribution in [1.82, 2.24) is 4.98 Å². The number of piperidine rings is 2. The fourth-order valence-corrected chi connectivity index (χ4v) is 6.67. The molecule has 0 spiro atoms. The lowest BCUT2D eigenvalue weighted by molar-refractivity contribution is -0.177. The molecule has 5 rings (SSSR count). The summed E-state index contributed by atoms with van der Waals surface area (Å²) in [5.41, 5.74) is 5.40. The average molecular weight is 577 g/mol. The van der Waals surface area contributed by atoms with E-state index in [4.69, 9.17) is 21.1 Å². The molecule has 41 heavy (non-hydrogen) atoms. The average Bonchev–Trinajstić information content (AvgIpc) is 3.46. The van der Waals surface area contributed by atoms with Gasteiger partial charge in [0.15, 0.2) is 6.29 Å². The number of rotatable bonds is 12. The van der Waals surface area contributed by atoms with Crippen molar-refractivity contribution in [1.29, 1.82) is 5.26 Å². The largest absolute Gasteiger partial charge is 0.372 e. The van der Waals surface area contributed by atoms with Gasteiger partial charge in [-0.1, -0.05) is 50.4 Å². The summed E-state index contributed by atoms with van der Waals surface area (Å²) < 4.78 is 12.4. The Kier molecular flexibility index (Phi) is 10.5. The van der Waals surface area contributed by atoms with E-state index in [-0.39, 0.29) is 6.29 Å². The SMILES string of the molecule is CCCCOC(OCCCC)C1CCN(c2ccc([C@@H]3CCCN(c4ccc(Cl)c5c(C#N)c[nH]c45)C3)cc2)CC1. The lowest BCUT2D eigenvalue weighted by Crippen LogP contribution is -2.40. The molecule has 0 radical (unpaired) electrons. The van der Waals surface area contributed by atoms with E-state index in [2.05, 4.69) is 65.0 Å². The van der Waals surface area contributed by atoms with Crippen LogP contribution in [0.15, 0.2) is 42.6 Å². The molecule has 7 heteroatoms. The lowest BCUT2D eigenvalue weighted by Gasteiger charge is -2.37. The molecule has 3 heterocycles. The number of hydrogen-bond donors (Lipinski definition) is 1. The third-order valence-electron chi connectivity index (χ3n) is 8.86. The Hall–Kier alpha value is -2.72. The first kappa shape index (κ1) is 29.8. The first-order chi connectivity index (χ1) is 20.1. The molecule has 0 unspecified atom stereocenters. The molecule has 220 valence electrons. The minimum absolute atomic E-state index is 0.0637. The number of nitriles is 1. The first-order valence-electron chi connectivity index (χ1n) is 15.7. The van der Waals surface area contributed by atoms with Crippen molar-refractivity contribution >= 4 is 33.9 Å². The highest BCUT2D eigenvalue weighted by Gasteiger charge is 2.29. The second-order valence-electron chi connectivity index (χ2n) is 11.6. The van der Waals surface area contributed by atoms with Gasteiger partial charge in [0, 0.05) is 68.5 Å². The number of nitrogens with zero attached hydrogens (tertiary/aromatic N) is 3. The van der Waals surface area contributed by atoms with E-state index in [1.165, 1.54) is 17.7 Å². The maximum Gasteiger partial charge on any atom is 0.160 e. The van der Waals surface area contributed by atoms with Crippen molar-refractivity contribution in [2.75, 3.05) is 49.2 Å². The van der Waals surface area contributed by atoms with Crippen molar-refractivity contribution in [3.8, 4) is 6.07 Å². The summed E-state index contributed by atoms with van der Waals surface area (Å²) in [5, 5.41) is 11.0. The molecule has 1 N–H and O–H groups in total. The highest BCUT2D eigenvalue weighted by atomic mass is 35.5. The minimum atomic E-state index is -0.0637. The van der Waals surface area contributed by atoms with E-state index in [0.29, 0.717) is 22.4 Å².